The van der Waals surface area contributed by atoms with E-state index < -0.39 is 11.9 Å². The van der Waals surface area contributed by atoms with E-state index in [-0.39, 0.29) is 5.69 Å². The van der Waals surface area contributed by atoms with Crippen LogP contribution in [-0.4, -0.2) is 27.0 Å². The van der Waals surface area contributed by atoms with E-state index in [2.05, 4.69) is 31.2 Å². The van der Waals surface area contributed by atoms with Gasteiger partial charge in [-0.1, -0.05) is 0 Å². The van der Waals surface area contributed by atoms with Crippen LogP contribution in [0.4, 0.5) is 5.82 Å². The maximum atomic E-state index is 12.2. The first-order valence-electron chi connectivity index (χ1n) is 5.75. The highest BCUT2D eigenvalue weighted by molar-refractivity contribution is 9.10. The van der Waals surface area contributed by atoms with Gasteiger partial charge in [-0.15, -0.1) is 0 Å². The Hall–Kier alpha value is -2.15. The number of aromatic nitrogens is 2. The predicted molar refractivity (Wildman–Crippen MR) is 77.1 cm³/mol. The molecule has 2 aromatic rings. The molecule has 0 unspecified atom stereocenters. The van der Waals surface area contributed by atoms with Crippen LogP contribution in [0.3, 0.4) is 0 Å². The molecule has 0 fully saturated rings. The van der Waals surface area contributed by atoms with Crippen molar-refractivity contribution in [2.24, 2.45) is 0 Å². The van der Waals surface area contributed by atoms with Crippen LogP contribution in [0.25, 0.3) is 0 Å². The van der Waals surface area contributed by atoms with Gasteiger partial charge < -0.3 is 15.4 Å². The van der Waals surface area contributed by atoms with E-state index in [1.807, 2.05) is 0 Å². The first-order chi connectivity index (χ1) is 9.40. The van der Waals surface area contributed by atoms with Crippen LogP contribution in [0, 0.1) is 13.8 Å². The smallest absolute Gasteiger partial charge is 0.352 e. The molecule has 0 saturated carbocycles. The standard InChI is InChI=1S/C13H12BrN3O3/c1-6-10(7(2)16-11(6)13(19)20)12(18)17-9-4-3-8(14)5-15-9/h3-5,16H,1-2H3,(H,19,20)(H,15,17,18). The first-order valence-corrected chi connectivity index (χ1v) is 6.55. The quantitative estimate of drug-likeness (QED) is 0.802. The molecule has 6 nitrogen and oxygen atoms in total. The Morgan fingerprint density at radius 2 is 2.05 bits per heavy atom. The molecule has 0 aliphatic rings. The summed E-state index contributed by atoms with van der Waals surface area (Å²) in [4.78, 5) is 30.0. The molecule has 0 saturated heterocycles. The molecule has 0 spiro atoms. The summed E-state index contributed by atoms with van der Waals surface area (Å²) in [6, 6.07) is 3.40. The molecule has 2 heterocycles. The van der Waals surface area contributed by atoms with Gasteiger partial charge in [-0.25, -0.2) is 9.78 Å². The summed E-state index contributed by atoms with van der Waals surface area (Å²) >= 11 is 3.25. The highest BCUT2D eigenvalue weighted by atomic mass is 79.9. The first kappa shape index (κ1) is 14.3. The van der Waals surface area contributed by atoms with Crippen LogP contribution in [0.1, 0.15) is 32.1 Å². The highest BCUT2D eigenvalue weighted by Gasteiger charge is 2.21. The van der Waals surface area contributed by atoms with Crippen molar-refractivity contribution in [3.63, 3.8) is 0 Å². The van der Waals surface area contributed by atoms with Crippen LogP contribution in [0.5, 0.6) is 0 Å². The molecule has 0 radical (unpaired) electrons. The fraction of sp³-hybridized carbons (Fsp3) is 0.154. The fourth-order valence-corrected chi connectivity index (χ4v) is 2.17. The van der Waals surface area contributed by atoms with Crippen LogP contribution in [-0.2, 0) is 0 Å². The number of hydrogen-bond acceptors (Lipinski definition) is 3. The van der Waals surface area contributed by atoms with Crippen LogP contribution < -0.4 is 5.32 Å². The third kappa shape index (κ3) is 2.72. The van der Waals surface area contributed by atoms with Gasteiger partial charge in [0.05, 0.1) is 5.56 Å². The van der Waals surface area contributed by atoms with Crippen molar-refractivity contribution in [1.29, 1.82) is 0 Å². The summed E-state index contributed by atoms with van der Waals surface area (Å²) in [6.07, 6.45) is 1.56. The molecule has 0 bridgehead atoms. The summed E-state index contributed by atoms with van der Waals surface area (Å²) in [5, 5.41) is 11.7. The van der Waals surface area contributed by atoms with Crippen molar-refractivity contribution in [2.45, 2.75) is 13.8 Å². The van der Waals surface area contributed by atoms with Crippen LogP contribution in [0.2, 0.25) is 0 Å². The molecule has 0 atom stereocenters. The third-order valence-corrected chi connectivity index (χ3v) is 3.32. The monoisotopic (exact) mass is 337 g/mol. The molecular weight excluding hydrogens is 326 g/mol. The Kier molecular flexibility index (Phi) is 3.89. The number of carboxylic acids is 1. The zero-order valence-corrected chi connectivity index (χ0v) is 12.4. The van der Waals surface area contributed by atoms with Gasteiger partial charge in [0.15, 0.2) is 0 Å². The largest absolute Gasteiger partial charge is 0.477 e. The highest BCUT2D eigenvalue weighted by Crippen LogP contribution is 2.19. The zero-order valence-electron chi connectivity index (χ0n) is 10.8. The zero-order chi connectivity index (χ0) is 14.9. The number of carbonyl (C=O) groups excluding carboxylic acids is 1. The molecule has 3 N–H and O–H groups in total. The fourth-order valence-electron chi connectivity index (χ4n) is 1.93. The Morgan fingerprint density at radius 1 is 1.35 bits per heavy atom. The van der Waals surface area contributed by atoms with E-state index in [0.29, 0.717) is 22.6 Å². The lowest BCUT2D eigenvalue weighted by atomic mass is 10.1. The number of amides is 1. The number of nitrogens with one attached hydrogen (secondary N) is 2. The number of pyridine rings is 1. The Bertz CT molecular complexity index is 677. The van der Waals surface area contributed by atoms with Gasteiger partial charge in [0.2, 0.25) is 0 Å². The van der Waals surface area contributed by atoms with E-state index in [4.69, 9.17) is 5.11 Å². The summed E-state index contributed by atoms with van der Waals surface area (Å²) in [5.74, 6) is -1.08. The maximum absolute atomic E-state index is 12.2. The van der Waals surface area contributed by atoms with Gasteiger partial charge in [0.25, 0.3) is 5.91 Å². The van der Waals surface area contributed by atoms with Gasteiger partial charge in [0.1, 0.15) is 11.5 Å². The van der Waals surface area contributed by atoms with Gasteiger partial charge in [-0.05, 0) is 47.5 Å². The van der Waals surface area contributed by atoms with Gasteiger partial charge >= 0.3 is 5.97 Å². The second-order valence-corrected chi connectivity index (χ2v) is 5.16. The number of carbonyl (C=O) groups is 2. The number of rotatable bonds is 3. The maximum Gasteiger partial charge on any atom is 0.352 e. The number of aromatic amines is 1. The van der Waals surface area contributed by atoms with Gasteiger partial charge in [-0.3, -0.25) is 4.79 Å². The van der Waals surface area contributed by atoms with E-state index in [0.717, 1.165) is 4.47 Å². The summed E-state index contributed by atoms with van der Waals surface area (Å²) in [5.41, 5.74) is 1.27. The topological polar surface area (TPSA) is 95.1 Å². The minimum absolute atomic E-state index is 0.0245. The third-order valence-electron chi connectivity index (χ3n) is 2.85. The molecule has 2 rings (SSSR count). The van der Waals surface area contributed by atoms with Crippen molar-refractivity contribution in [3.05, 3.63) is 45.3 Å². The molecule has 7 heteroatoms. The number of aromatic carboxylic acids is 1. The minimum Gasteiger partial charge on any atom is -0.477 e. The van der Waals surface area contributed by atoms with E-state index in [1.165, 1.54) is 0 Å². The number of halogens is 1. The summed E-state index contributed by atoms with van der Waals surface area (Å²) in [6.45, 7) is 3.25. The number of anilines is 1. The molecular formula is C13H12BrN3O3. The number of hydrogen-bond donors (Lipinski definition) is 3. The predicted octanol–water partition coefficient (Wildman–Crippen LogP) is 2.74. The average molecular weight is 338 g/mol. The Balaban J connectivity index is 2.30. The van der Waals surface area contributed by atoms with Crippen molar-refractivity contribution in [2.75, 3.05) is 5.32 Å². The lowest BCUT2D eigenvalue weighted by Gasteiger charge is -2.05. The number of carboxylic acid groups (broad SMARTS) is 1. The SMILES string of the molecule is Cc1[nH]c(C(=O)O)c(C)c1C(=O)Nc1ccc(Br)cn1. The lowest BCUT2D eigenvalue weighted by molar-refractivity contribution is 0.0690. The van der Waals surface area contributed by atoms with Crippen LogP contribution >= 0.6 is 15.9 Å². The second kappa shape index (κ2) is 5.46. The normalized spacial score (nSPS) is 10.3. The summed E-state index contributed by atoms with van der Waals surface area (Å²) in [7, 11) is 0. The molecule has 0 aromatic carbocycles. The summed E-state index contributed by atoms with van der Waals surface area (Å²) < 4.78 is 0.803. The van der Waals surface area contributed by atoms with Crippen molar-refractivity contribution >= 4 is 33.6 Å². The van der Waals surface area contributed by atoms with E-state index in [1.54, 1.807) is 32.2 Å². The minimum atomic E-state index is -1.09. The van der Waals surface area contributed by atoms with E-state index >= 15 is 0 Å². The molecule has 0 aliphatic heterocycles. The van der Waals surface area contributed by atoms with Crippen LogP contribution in [0.15, 0.2) is 22.8 Å². The number of H-pyrrole nitrogens is 1. The lowest BCUT2D eigenvalue weighted by Crippen LogP contribution is -2.14. The molecule has 0 aliphatic carbocycles. The average Bonchev–Trinajstić information content (AvgIpc) is 2.68. The molecule has 1 amide bonds. The van der Waals surface area contributed by atoms with Crippen molar-refractivity contribution in [3.8, 4) is 0 Å². The van der Waals surface area contributed by atoms with Gasteiger partial charge in [0, 0.05) is 16.4 Å². The van der Waals surface area contributed by atoms with Crippen molar-refractivity contribution in [1.82, 2.24) is 9.97 Å². The number of aryl methyl sites for hydroxylation is 1. The molecule has 2 aromatic heterocycles. The van der Waals surface area contributed by atoms with E-state index in [9.17, 15) is 9.59 Å². The Labute approximate surface area is 123 Å². The second-order valence-electron chi connectivity index (χ2n) is 4.25. The molecule has 104 valence electrons. The Morgan fingerprint density at radius 3 is 2.55 bits per heavy atom. The molecule has 20 heavy (non-hydrogen) atoms. The van der Waals surface area contributed by atoms with Gasteiger partial charge in [-0.2, -0.15) is 0 Å². The van der Waals surface area contributed by atoms with Crippen molar-refractivity contribution < 1.29 is 14.7 Å². The number of nitrogens with zero attached hydrogens (tertiary/aromatic N) is 1.